The number of methoxy groups -OCH3 is 1. The maximum atomic E-state index is 5.82. The van der Waals surface area contributed by atoms with Gasteiger partial charge in [-0.3, -0.25) is 4.99 Å². The first-order valence-electron chi connectivity index (χ1n) is 9.75. The molecule has 8 heteroatoms. The van der Waals surface area contributed by atoms with Crippen LogP contribution in [-0.4, -0.2) is 61.9 Å². The third kappa shape index (κ3) is 6.01. The van der Waals surface area contributed by atoms with Gasteiger partial charge in [-0.2, -0.15) is 0 Å². The molecule has 1 aliphatic carbocycles. The second-order valence-corrected chi connectivity index (χ2v) is 8.38. The first-order chi connectivity index (χ1) is 12.7. The number of rotatable bonds is 6. The third-order valence-corrected chi connectivity index (χ3v) is 6.46. The van der Waals surface area contributed by atoms with Crippen molar-refractivity contribution in [3.8, 4) is 0 Å². The molecule has 0 amide bonds. The largest absolute Gasteiger partial charge is 0.381 e. The van der Waals surface area contributed by atoms with Gasteiger partial charge in [-0.25, -0.2) is 4.98 Å². The number of aromatic nitrogens is 1. The Hall–Kier alpha value is -0.450. The van der Waals surface area contributed by atoms with E-state index in [1.54, 1.807) is 7.11 Å². The molecule has 0 bridgehead atoms. The number of thiazole rings is 1. The fourth-order valence-corrected chi connectivity index (χ4v) is 4.82. The lowest BCUT2D eigenvalue weighted by atomic mass is 9.94. The number of ether oxygens (including phenoxy) is 2. The molecule has 2 heterocycles. The van der Waals surface area contributed by atoms with Crippen LogP contribution in [0.4, 0.5) is 0 Å². The predicted molar refractivity (Wildman–Crippen MR) is 121 cm³/mol. The van der Waals surface area contributed by atoms with E-state index in [0.717, 1.165) is 51.5 Å². The van der Waals surface area contributed by atoms with Crippen LogP contribution in [0.25, 0.3) is 0 Å². The van der Waals surface area contributed by atoms with Gasteiger partial charge < -0.3 is 19.7 Å². The molecule has 1 saturated heterocycles. The van der Waals surface area contributed by atoms with Crippen molar-refractivity contribution >= 4 is 41.3 Å². The summed E-state index contributed by atoms with van der Waals surface area (Å²) < 4.78 is 11.3. The van der Waals surface area contributed by atoms with Crippen molar-refractivity contribution in [2.45, 2.75) is 57.6 Å². The van der Waals surface area contributed by atoms with E-state index in [-0.39, 0.29) is 29.6 Å². The minimum Gasteiger partial charge on any atom is -0.381 e. The Morgan fingerprint density at radius 2 is 2.07 bits per heavy atom. The van der Waals surface area contributed by atoms with Gasteiger partial charge in [0.25, 0.3) is 0 Å². The number of hydrogen-bond acceptors (Lipinski definition) is 5. The highest BCUT2D eigenvalue weighted by molar-refractivity contribution is 14.0. The molecular formula is C19H33IN4O2S. The van der Waals surface area contributed by atoms with Gasteiger partial charge in [-0.1, -0.05) is 0 Å². The van der Waals surface area contributed by atoms with Gasteiger partial charge in [-0.05, 0) is 32.6 Å². The molecule has 1 fully saturated rings. The van der Waals surface area contributed by atoms with E-state index >= 15 is 0 Å². The van der Waals surface area contributed by atoms with E-state index in [9.17, 15) is 0 Å². The summed E-state index contributed by atoms with van der Waals surface area (Å²) in [6.07, 6.45) is 6.71. The van der Waals surface area contributed by atoms with E-state index in [0.29, 0.717) is 6.54 Å². The van der Waals surface area contributed by atoms with Crippen LogP contribution < -0.4 is 5.32 Å². The number of halogens is 1. The monoisotopic (exact) mass is 508 g/mol. The zero-order chi connectivity index (χ0) is 18.4. The number of aryl methyl sites for hydroxylation is 2. The summed E-state index contributed by atoms with van der Waals surface area (Å²) in [5.74, 6) is 0.920. The van der Waals surface area contributed by atoms with Crippen molar-refractivity contribution in [3.05, 3.63) is 15.6 Å². The first kappa shape index (κ1) is 22.8. The standard InChI is InChI=1S/C19H32N4O2S.HI/c1-4-20-18(21-14-19(24-3)9-11-25-12-10-19)23(2)13-17-22-15-7-5-6-8-16(15)26-17;/h4-14H2,1-3H3,(H,20,21);1H. The van der Waals surface area contributed by atoms with Gasteiger partial charge in [0.15, 0.2) is 5.96 Å². The van der Waals surface area contributed by atoms with Gasteiger partial charge in [0.1, 0.15) is 5.01 Å². The molecule has 1 N–H and O–H groups in total. The van der Waals surface area contributed by atoms with Crippen LogP contribution in [0, 0.1) is 0 Å². The van der Waals surface area contributed by atoms with E-state index in [1.165, 1.54) is 34.8 Å². The normalized spacial score (nSPS) is 19.1. The molecule has 3 rings (SSSR count). The summed E-state index contributed by atoms with van der Waals surface area (Å²) in [7, 11) is 3.88. The average molecular weight is 508 g/mol. The van der Waals surface area contributed by atoms with Crippen molar-refractivity contribution < 1.29 is 9.47 Å². The molecule has 1 aromatic rings. The fraction of sp³-hybridized carbons (Fsp3) is 0.789. The number of hydrogen-bond donors (Lipinski definition) is 1. The Morgan fingerprint density at radius 3 is 2.74 bits per heavy atom. The lowest BCUT2D eigenvalue weighted by Crippen LogP contribution is -2.44. The molecule has 0 atom stereocenters. The molecule has 0 saturated carbocycles. The SMILES string of the molecule is CCNC(=NCC1(OC)CCOCC1)N(C)Cc1nc2c(s1)CCCC2.I. The molecule has 154 valence electrons. The van der Waals surface area contributed by atoms with E-state index in [2.05, 4.69) is 24.2 Å². The van der Waals surface area contributed by atoms with Crippen LogP contribution in [0.15, 0.2) is 4.99 Å². The van der Waals surface area contributed by atoms with E-state index in [1.807, 2.05) is 11.3 Å². The molecule has 0 aromatic carbocycles. The van der Waals surface area contributed by atoms with Crippen LogP contribution in [0.5, 0.6) is 0 Å². The molecule has 0 radical (unpaired) electrons. The Morgan fingerprint density at radius 1 is 1.33 bits per heavy atom. The Labute approximate surface area is 184 Å². The first-order valence-corrected chi connectivity index (χ1v) is 10.6. The van der Waals surface area contributed by atoms with E-state index < -0.39 is 0 Å². The minimum absolute atomic E-state index is 0. The van der Waals surface area contributed by atoms with Crippen molar-refractivity contribution in [2.24, 2.45) is 4.99 Å². The van der Waals surface area contributed by atoms with Crippen LogP contribution in [0.1, 0.15) is 48.2 Å². The molecule has 27 heavy (non-hydrogen) atoms. The maximum Gasteiger partial charge on any atom is 0.194 e. The summed E-state index contributed by atoms with van der Waals surface area (Å²) in [6, 6.07) is 0. The molecule has 0 unspecified atom stereocenters. The number of guanidine groups is 1. The lowest BCUT2D eigenvalue weighted by molar-refractivity contribution is -0.0829. The van der Waals surface area contributed by atoms with Crippen LogP contribution in [0.3, 0.4) is 0 Å². The van der Waals surface area contributed by atoms with Crippen molar-refractivity contribution in [1.29, 1.82) is 0 Å². The summed E-state index contributed by atoms with van der Waals surface area (Å²) in [5.41, 5.74) is 1.13. The zero-order valence-electron chi connectivity index (χ0n) is 16.8. The topological polar surface area (TPSA) is 59.0 Å². The fourth-order valence-electron chi connectivity index (χ4n) is 3.61. The number of fused-ring (bicyclic) bond motifs is 1. The Bertz CT molecular complexity index is 593. The molecule has 6 nitrogen and oxygen atoms in total. The quantitative estimate of drug-likeness (QED) is 0.363. The van der Waals surface area contributed by atoms with Gasteiger partial charge >= 0.3 is 0 Å². The molecule has 1 aliphatic heterocycles. The zero-order valence-corrected chi connectivity index (χ0v) is 19.9. The third-order valence-electron chi connectivity index (χ3n) is 5.31. The predicted octanol–water partition coefficient (Wildman–Crippen LogP) is 3.23. The lowest BCUT2D eigenvalue weighted by Gasteiger charge is -2.35. The van der Waals surface area contributed by atoms with Crippen molar-refractivity contribution in [1.82, 2.24) is 15.2 Å². The number of aliphatic imine (C=N–C) groups is 1. The smallest absolute Gasteiger partial charge is 0.194 e. The van der Waals surface area contributed by atoms with Gasteiger partial charge in [0, 0.05) is 51.6 Å². The number of nitrogens with zero attached hydrogens (tertiary/aromatic N) is 3. The summed E-state index contributed by atoms with van der Waals surface area (Å²) in [5, 5.41) is 4.60. The minimum atomic E-state index is -0.194. The maximum absolute atomic E-state index is 5.82. The van der Waals surface area contributed by atoms with Gasteiger partial charge in [0.05, 0.1) is 24.4 Å². The number of nitrogens with one attached hydrogen (secondary N) is 1. The molecule has 0 spiro atoms. The summed E-state index contributed by atoms with van der Waals surface area (Å²) in [6.45, 7) is 5.91. The summed E-state index contributed by atoms with van der Waals surface area (Å²) in [4.78, 5) is 13.4. The Balaban J connectivity index is 0.00000261. The van der Waals surface area contributed by atoms with Gasteiger partial charge in [0.2, 0.25) is 0 Å². The molecular weight excluding hydrogens is 475 g/mol. The van der Waals surface area contributed by atoms with Crippen LogP contribution >= 0.6 is 35.3 Å². The van der Waals surface area contributed by atoms with E-state index in [4.69, 9.17) is 19.5 Å². The highest BCUT2D eigenvalue weighted by Crippen LogP contribution is 2.27. The summed E-state index contributed by atoms with van der Waals surface area (Å²) >= 11 is 1.87. The average Bonchev–Trinajstić information content (AvgIpc) is 3.08. The van der Waals surface area contributed by atoms with Gasteiger partial charge in [-0.15, -0.1) is 35.3 Å². The van der Waals surface area contributed by atoms with Crippen molar-refractivity contribution in [2.75, 3.05) is 40.5 Å². The van der Waals surface area contributed by atoms with Crippen LogP contribution in [0.2, 0.25) is 0 Å². The highest BCUT2D eigenvalue weighted by Gasteiger charge is 2.32. The second kappa shape index (κ2) is 10.9. The van der Waals surface area contributed by atoms with Crippen LogP contribution in [-0.2, 0) is 28.9 Å². The Kier molecular flexibility index (Phi) is 9.24. The van der Waals surface area contributed by atoms with Crippen molar-refractivity contribution in [3.63, 3.8) is 0 Å². The second-order valence-electron chi connectivity index (χ2n) is 7.21. The molecule has 2 aliphatic rings. The highest BCUT2D eigenvalue weighted by atomic mass is 127. The molecule has 1 aromatic heterocycles.